The van der Waals surface area contributed by atoms with Crippen molar-refractivity contribution >= 4 is 11.9 Å². The molecular weight excluding hydrogens is 272 g/mol. The summed E-state index contributed by atoms with van der Waals surface area (Å²) in [5.41, 5.74) is 4.81. The minimum Gasteiger partial charge on any atom is -0.481 e. The Morgan fingerprint density at radius 2 is 1.95 bits per heavy atom. The van der Waals surface area contributed by atoms with E-state index in [-0.39, 0.29) is 18.4 Å². The largest absolute Gasteiger partial charge is 0.481 e. The van der Waals surface area contributed by atoms with Crippen molar-refractivity contribution in [2.75, 3.05) is 26.3 Å². The van der Waals surface area contributed by atoms with Crippen molar-refractivity contribution in [3.05, 3.63) is 0 Å². The molecule has 0 aromatic carbocycles. The molecule has 1 aliphatic rings. The Morgan fingerprint density at radius 1 is 1.33 bits per heavy atom. The lowest BCUT2D eigenvalue weighted by molar-refractivity contribution is -0.154. The lowest BCUT2D eigenvalue weighted by Crippen LogP contribution is -2.46. The van der Waals surface area contributed by atoms with Crippen LogP contribution in [0.4, 0.5) is 0 Å². The van der Waals surface area contributed by atoms with Crippen molar-refractivity contribution in [2.45, 2.75) is 39.5 Å². The second-order valence-corrected chi connectivity index (χ2v) is 6.41. The molecule has 0 aliphatic carbocycles. The molecule has 1 atom stereocenters. The Labute approximate surface area is 126 Å². The number of hydrogen-bond donors (Lipinski definition) is 3. The molecule has 1 rings (SSSR count). The highest BCUT2D eigenvalue weighted by atomic mass is 16.5. The van der Waals surface area contributed by atoms with Gasteiger partial charge in [-0.3, -0.25) is 9.59 Å². The van der Waals surface area contributed by atoms with Crippen molar-refractivity contribution in [1.29, 1.82) is 0 Å². The number of hydrogen-bond acceptors (Lipinski definition) is 4. The molecule has 1 fully saturated rings. The van der Waals surface area contributed by atoms with Crippen molar-refractivity contribution in [2.24, 2.45) is 23.0 Å². The normalized spacial score (nSPS) is 19.2. The van der Waals surface area contributed by atoms with Crippen LogP contribution in [0.15, 0.2) is 0 Å². The molecule has 0 aromatic heterocycles. The van der Waals surface area contributed by atoms with Gasteiger partial charge in [0, 0.05) is 26.2 Å². The van der Waals surface area contributed by atoms with Crippen LogP contribution < -0.4 is 11.1 Å². The summed E-state index contributed by atoms with van der Waals surface area (Å²) >= 11 is 0. The van der Waals surface area contributed by atoms with Crippen LogP contribution >= 0.6 is 0 Å². The van der Waals surface area contributed by atoms with Gasteiger partial charge in [-0.2, -0.15) is 0 Å². The smallest absolute Gasteiger partial charge is 0.311 e. The molecule has 6 nitrogen and oxygen atoms in total. The van der Waals surface area contributed by atoms with E-state index in [9.17, 15) is 14.7 Å². The molecule has 4 N–H and O–H groups in total. The summed E-state index contributed by atoms with van der Waals surface area (Å²) in [5, 5.41) is 12.2. The molecule has 0 unspecified atom stereocenters. The van der Waals surface area contributed by atoms with E-state index in [1.807, 2.05) is 0 Å². The van der Waals surface area contributed by atoms with Gasteiger partial charge in [0.15, 0.2) is 0 Å². The lowest BCUT2D eigenvalue weighted by atomic mass is 9.80. The van der Waals surface area contributed by atoms with Crippen LogP contribution in [0.25, 0.3) is 0 Å². The van der Waals surface area contributed by atoms with Gasteiger partial charge in [-0.25, -0.2) is 0 Å². The zero-order valence-electron chi connectivity index (χ0n) is 13.1. The third kappa shape index (κ3) is 5.63. The standard InChI is InChI=1S/C15H28N2O4/c1-11(2)7-12(9-16)8-13(18)17-10-15(14(19)20)3-5-21-6-4-15/h11-12H,3-10,16H2,1-2H3,(H,17,18)(H,19,20)/t12-/m0/s1. The highest BCUT2D eigenvalue weighted by molar-refractivity contribution is 5.79. The summed E-state index contributed by atoms with van der Waals surface area (Å²) in [4.78, 5) is 23.5. The fourth-order valence-electron chi connectivity index (χ4n) is 2.76. The Kier molecular flexibility index (Phi) is 7.11. The molecule has 21 heavy (non-hydrogen) atoms. The number of nitrogens with two attached hydrogens (primary N) is 1. The number of carboxylic acid groups (broad SMARTS) is 1. The number of nitrogens with one attached hydrogen (secondary N) is 1. The second-order valence-electron chi connectivity index (χ2n) is 6.41. The van der Waals surface area contributed by atoms with Crippen LogP contribution in [0.1, 0.15) is 39.5 Å². The molecule has 0 aromatic rings. The summed E-state index contributed by atoms with van der Waals surface area (Å²) < 4.78 is 5.21. The summed E-state index contributed by atoms with van der Waals surface area (Å²) in [6.45, 7) is 5.71. The third-order valence-electron chi connectivity index (χ3n) is 4.14. The van der Waals surface area contributed by atoms with Gasteiger partial charge in [0.2, 0.25) is 5.91 Å². The van der Waals surface area contributed by atoms with Crippen LogP contribution in [0.3, 0.4) is 0 Å². The quantitative estimate of drug-likeness (QED) is 0.620. The van der Waals surface area contributed by atoms with Crippen LogP contribution in [0, 0.1) is 17.3 Å². The summed E-state index contributed by atoms with van der Waals surface area (Å²) in [6.07, 6.45) is 2.15. The monoisotopic (exact) mass is 300 g/mol. The number of ether oxygens (including phenoxy) is 1. The minimum atomic E-state index is -0.885. The van der Waals surface area contributed by atoms with Crippen molar-refractivity contribution in [1.82, 2.24) is 5.32 Å². The number of aliphatic carboxylic acids is 1. The maximum Gasteiger partial charge on any atom is 0.311 e. The Morgan fingerprint density at radius 3 is 2.43 bits per heavy atom. The highest BCUT2D eigenvalue weighted by Crippen LogP contribution is 2.30. The van der Waals surface area contributed by atoms with Gasteiger partial charge in [-0.1, -0.05) is 13.8 Å². The van der Waals surface area contributed by atoms with E-state index in [4.69, 9.17) is 10.5 Å². The van der Waals surface area contributed by atoms with Gasteiger partial charge in [0.25, 0.3) is 0 Å². The molecule has 1 heterocycles. The zero-order valence-corrected chi connectivity index (χ0v) is 13.1. The Balaban J connectivity index is 2.48. The SMILES string of the molecule is CC(C)C[C@H](CN)CC(=O)NCC1(C(=O)O)CCOCC1. The van der Waals surface area contributed by atoms with Gasteiger partial charge >= 0.3 is 5.97 Å². The Bertz CT molecular complexity index is 352. The molecule has 1 amide bonds. The van der Waals surface area contributed by atoms with Gasteiger partial charge in [0.05, 0.1) is 5.41 Å². The molecule has 0 spiro atoms. The van der Waals surface area contributed by atoms with Gasteiger partial charge in [-0.15, -0.1) is 0 Å². The summed E-state index contributed by atoms with van der Waals surface area (Å²) in [6, 6.07) is 0. The number of carboxylic acids is 1. The highest BCUT2D eigenvalue weighted by Gasteiger charge is 2.40. The topological polar surface area (TPSA) is 102 Å². The summed E-state index contributed by atoms with van der Waals surface area (Å²) in [5.74, 6) is -0.324. The van der Waals surface area contributed by atoms with E-state index in [1.54, 1.807) is 0 Å². The van der Waals surface area contributed by atoms with E-state index in [0.29, 0.717) is 44.9 Å². The fraction of sp³-hybridized carbons (Fsp3) is 0.867. The van der Waals surface area contributed by atoms with Crippen molar-refractivity contribution in [3.63, 3.8) is 0 Å². The zero-order chi connectivity index (χ0) is 15.9. The number of amides is 1. The molecule has 122 valence electrons. The van der Waals surface area contributed by atoms with E-state index in [0.717, 1.165) is 6.42 Å². The van der Waals surface area contributed by atoms with E-state index in [1.165, 1.54) is 0 Å². The fourth-order valence-corrected chi connectivity index (χ4v) is 2.76. The number of carbonyl (C=O) groups is 2. The lowest BCUT2D eigenvalue weighted by Gasteiger charge is -2.33. The van der Waals surface area contributed by atoms with E-state index >= 15 is 0 Å². The number of rotatable bonds is 8. The molecule has 6 heteroatoms. The van der Waals surface area contributed by atoms with Crippen LogP contribution in [-0.2, 0) is 14.3 Å². The molecule has 0 saturated carbocycles. The third-order valence-corrected chi connectivity index (χ3v) is 4.14. The number of carbonyl (C=O) groups excluding carboxylic acids is 1. The second kappa shape index (κ2) is 8.34. The van der Waals surface area contributed by atoms with Crippen LogP contribution in [-0.4, -0.2) is 43.3 Å². The first-order chi connectivity index (χ1) is 9.89. The van der Waals surface area contributed by atoms with E-state index in [2.05, 4.69) is 19.2 Å². The van der Waals surface area contributed by atoms with Gasteiger partial charge in [-0.05, 0) is 37.6 Å². The average Bonchev–Trinajstić information content (AvgIpc) is 2.44. The van der Waals surface area contributed by atoms with Crippen molar-refractivity contribution < 1.29 is 19.4 Å². The average molecular weight is 300 g/mol. The van der Waals surface area contributed by atoms with E-state index < -0.39 is 11.4 Å². The van der Waals surface area contributed by atoms with Crippen LogP contribution in [0.2, 0.25) is 0 Å². The first-order valence-electron chi connectivity index (χ1n) is 7.67. The van der Waals surface area contributed by atoms with Gasteiger partial charge in [0.1, 0.15) is 0 Å². The molecular formula is C15H28N2O4. The maximum absolute atomic E-state index is 12.0. The molecule has 1 aliphatic heterocycles. The maximum atomic E-state index is 12.0. The predicted molar refractivity (Wildman–Crippen MR) is 79.7 cm³/mol. The Hall–Kier alpha value is -1.14. The van der Waals surface area contributed by atoms with Gasteiger partial charge < -0.3 is 20.9 Å². The predicted octanol–water partition coefficient (Wildman–Crippen LogP) is 0.995. The first kappa shape index (κ1) is 17.9. The van der Waals surface area contributed by atoms with Crippen molar-refractivity contribution in [3.8, 4) is 0 Å². The van der Waals surface area contributed by atoms with Crippen LogP contribution in [0.5, 0.6) is 0 Å². The molecule has 0 bridgehead atoms. The molecule has 0 radical (unpaired) electrons. The first-order valence-corrected chi connectivity index (χ1v) is 7.67. The molecule has 1 saturated heterocycles. The summed E-state index contributed by atoms with van der Waals surface area (Å²) in [7, 11) is 0. The minimum absolute atomic E-state index is 0.113.